The van der Waals surface area contributed by atoms with Crippen LogP contribution in [0.3, 0.4) is 0 Å². The van der Waals surface area contributed by atoms with Gasteiger partial charge in [-0.25, -0.2) is 0 Å². The second-order valence-electron chi connectivity index (χ2n) is 3.15. The third-order valence-electron chi connectivity index (χ3n) is 2.17. The van der Waals surface area contributed by atoms with E-state index in [-0.39, 0.29) is 0 Å². The molecule has 0 saturated heterocycles. The Morgan fingerprint density at radius 2 is 2.15 bits per heavy atom. The lowest BCUT2D eigenvalue weighted by molar-refractivity contribution is 0.466. The minimum absolute atomic E-state index is 0.381. The maximum Gasteiger partial charge on any atom is 0.119 e. The SMILES string of the molecule is CCCCc1c(O)cccc1CCl. The van der Waals surface area contributed by atoms with Gasteiger partial charge in [0.15, 0.2) is 0 Å². The standard InChI is InChI=1S/C11H15ClO/c1-2-3-6-10-9(8-12)5-4-7-11(10)13/h4-5,7,13H,2-3,6,8H2,1H3. The molecule has 1 rings (SSSR count). The van der Waals surface area contributed by atoms with Crippen LogP contribution in [0.4, 0.5) is 0 Å². The van der Waals surface area contributed by atoms with E-state index < -0.39 is 0 Å². The summed E-state index contributed by atoms with van der Waals surface area (Å²) in [5, 5.41) is 9.59. The van der Waals surface area contributed by atoms with Crippen molar-refractivity contribution in [3.63, 3.8) is 0 Å². The van der Waals surface area contributed by atoms with Crippen LogP contribution in [-0.4, -0.2) is 5.11 Å². The molecule has 0 aliphatic heterocycles. The van der Waals surface area contributed by atoms with E-state index >= 15 is 0 Å². The Bertz CT molecular complexity index is 271. The van der Waals surface area contributed by atoms with Gasteiger partial charge in [-0.15, -0.1) is 11.6 Å². The molecule has 1 aromatic carbocycles. The number of halogens is 1. The summed E-state index contributed by atoms with van der Waals surface area (Å²) in [5.41, 5.74) is 2.06. The fourth-order valence-electron chi connectivity index (χ4n) is 1.39. The van der Waals surface area contributed by atoms with Crippen LogP contribution in [0.2, 0.25) is 0 Å². The lowest BCUT2D eigenvalue weighted by Crippen LogP contribution is -1.92. The topological polar surface area (TPSA) is 20.2 Å². The predicted molar refractivity (Wildman–Crippen MR) is 56.3 cm³/mol. The van der Waals surface area contributed by atoms with Crippen LogP contribution < -0.4 is 0 Å². The third-order valence-corrected chi connectivity index (χ3v) is 2.46. The molecule has 1 aromatic rings. The molecule has 1 nitrogen and oxygen atoms in total. The van der Waals surface area contributed by atoms with Crippen molar-refractivity contribution in [2.24, 2.45) is 0 Å². The number of phenols is 1. The number of phenolic OH excluding ortho intramolecular Hbond substituents is 1. The molecule has 0 heterocycles. The lowest BCUT2D eigenvalue weighted by atomic mass is 10.0. The van der Waals surface area contributed by atoms with Gasteiger partial charge in [-0.3, -0.25) is 0 Å². The van der Waals surface area contributed by atoms with Crippen molar-refractivity contribution in [2.75, 3.05) is 0 Å². The highest BCUT2D eigenvalue weighted by molar-refractivity contribution is 6.17. The van der Waals surface area contributed by atoms with E-state index in [1.54, 1.807) is 6.07 Å². The van der Waals surface area contributed by atoms with Crippen LogP contribution >= 0.6 is 11.6 Å². The molecular weight excluding hydrogens is 184 g/mol. The van der Waals surface area contributed by atoms with Gasteiger partial charge in [-0.2, -0.15) is 0 Å². The number of rotatable bonds is 4. The number of aromatic hydroxyl groups is 1. The first kappa shape index (κ1) is 10.4. The average Bonchev–Trinajstić information content (AvgIpc) is 2.15. The van der Waals surface area contributed by atoms with E-state index in [1.807, 2.05) is 12.1 Å². The first-order valence-electron chi connectivity index (χ1n) is 4.65. The molecule has 0 bridgehead atoms. The highest BCUT2D eigenvalue weighted by atomic mass is 35.5. The minimum Gasteiger partial charge on any atom is -0.508 e. The molecular formula is C11H15ClO. The van der Waals surface area contributed by atoms with Crippen LogP contribution in [0.25, 0.3) is 0 Å². The maximum atomic E-state index is 9.59. The smallest absolute Gasteiger partial charge is 0.119 e. The van der Waals surface area contributed by atoms with Gasteiger partial charge in [0.25, 0.3) is 0 Å². The zero-order valence-corrected chi connectivity index (χ0v) is 8.64. The molecule has 2 heteroatoms. The van der Waals surface area contributed by atoms with Crippen molar-refractivity contribution in [1.82, 2.24) is 0 Å². The van der Waals surface area contributed by atoms with E-state index in [2.05, 4.69) is 6.92 Å². The molecule has 0 saturated carbocycles. The summed E-state index contributed by atoms with van der Waals surface area (Å²) in [5.74, 6) is 0.861. The highest BCUT2D eigenvalue weighted by Crippen LogP contribution is 2.24. The molecule has 0 radical (unpaired) electrons. The Balaban J connectivity index is 2.87. The second-order valence-corrected chi connectivity index (χ2v) is 3.42. The molecule has 72 valence electrons. The Morgan fingerprint density at radius 1 is 1.38 bits per heavy atom. The van der Waals surface area contributed by atoms with Crippen molar-refractivity contribution in [3.05, 3.63) is 29.3 Å². The minimum atomic E-state index is 0.381. The van der Waals surface area contributed by atoms with Crippen molar-refractivity contribution in [2.45, 2.75) is 32.1 Å². The molecule has 0 aliphatic rings. The summed E-state index contributed by atoms with van der Waals surface area (Å²) in [6, 6.07) is 5.53. The average molecular weight is 199 g/mol. The first-order valence-corrected chi connectivity index (χ1v) is 5.18. The number of unbranched alkanes of at least 4 members (excludes halogenated alkanes) is 1. The van der Waals surface area contributed by atoms with E-state index in [4.69, 9.17) is 11.6 Å². The van der Waals surface area contributed by atoms with Crippen molar-refractivity contribution in [1.29, 1.82) is 0 Å². The van der Waals surface area contributed by atoms with Gasteiger partial charge >= 0.3 is 0 Å². The zero-order chi connectivity index (χ0) is 9.68. The van der Waals surface area contributed by atoms with Gasteiger partial charge in [0.2, 0.25) is 0 Å². The molecule has 0 spiro atoms. The van der Waals surface area contributed by atoms with E-state index in [0.29, 0.717) is 11.6 Å². The van der Waals surface area contributed by atoms with Gasteiger partial charge in [0.1, 0.15) is 5.75 Å². The molecule has 0 unspecified atom stereocenters. The number of alkyl halides is 1. The fraction of sp³-hybridized carbons (Fsp3) is 0.455. The van der Waals surface area contributed by atoms with Gasteiger partial charge in [-0.05, 0) is 30.0 Å². The lowest BCUT2D eigenvalue weighted by Gasteiger charge is -2.08. The Labute approximate surface area is 84.4 Å². The third kappa shape index (κ3) is 2.63. The normalized spacial score (nSPS) is 10.3. The Hall–Kier alpha value is -0.690. The quantitative estimate of drug-likeness (QED) is 0.735. The summed E-state index contributed by atoms with van der Waals surface area (Å²) in [7, 11) is 0. The first-order chi connectivity index (χ1) is 6.29. The number of hydrogen-bond donors (Lipinski definition) is 1. The Morgan fingerprint density at radius 3 is 2.77 bits per heavy atom. The Kier molecular flexibility index (Phi) is 4.10. The van der Waals surface area contributed by atoms with Gasteiger partial charge in [0.05, 0.1) is 0 Å². The van der Waals surface area contributed by atoms with Gasteiger partial charge in [-0.1, -0.05) is 25.5 Å². The number of benzene rings is 1. The van der Waals surface area contributed by atoms with E-state index in [1.165, 1.54) is 0 Å². The number of hydrogen-bond acceptors (Lipinski definition) is 1. The van der Waals surface area contributed by atoms with Crippen LogP contribution in [0, 0.1) is 0 Å². The summed E-state index contributed by atoms with van der Waals surface area (Å²) in [6.07, 6.45) is 3.16. The molecule has 0 aliphatic carbocycles. The maximum absolute atomic E-state index is 9.59. The predicted octanol–water partition coefficient (Wildman–Crippen LogP) is 3.47. The van der Waals surface area contributed by atoms with Gasteiger partial charge in [0, 0.05) is 5.88 Å². The van der Waals surface area contributed by atoms with Crippen LogP contribution in [-0.2, 0) is 12.3 Å². The fourth-order valence-corrected chi connectivity index (χ4v) is 1.64. The highest BCUT2D eigenvalue weighted by Gasteiger charge is 2.05. The van der Waals surface area contributed by atoms with Crippen molar-refractivity contribution < 1.29 is 5.11 Å². The molecule has 0 atom stereocenters. The summed E-state index contributed by atoms with van der Waals surface area (Å²) in [4.78, 5) is 0. The van der Waals surface area contributed by atoms with E-state index in [0.717, 1.165) is 30.4 Å². The molecule has 0 fully saturated rings. The van der Waals surface area contributed by atoms with E-state index in [9.17, 15) is 5.11 Å². The van der Waals surface area contributed by atoms with Crippen LogP contribution in [0.1, 0.15) is 30.9 Å². The van der Waals surface area contributed by atoms with Crippen molar-refractivity contribution in [3.8, 4) is 5.75 Å². The summed E-state index contributed by atoms with van der Waals surface area (Å²) in [6.45, 7) is 2.14. The summed E-state index contributed by atoms with van der Waals surface area (Å²) >= 11 is 5.77. The molecule has 1 N–H and O–H groups in total. The van der Waals surface area contributed by atoms with Crippen molar-refractivity contribution >= 4 is 11.6 Å². The van der Waals surface area contributed by atoms with Crippen LogP contribution in [0.5, 0.6) is 5.75 Å². The van der Waals surface area contributed by atoms with Gasteiger partial charge < -0.3 is 5.11 Å². The molecule has 0 amide bonds. The van der Waals surface area contributed by atoms with Crippen LogP contribution in [0.15, 0.2) is 18.2 Å². The summed E-state index contributed by atoms with van der Waals surface area (Å²) < 4.78 is 0. The largest absolute Gasteiger partial charge is 0.508 e. The molecule has 13 heavy (non-hydrogen) atoms. The monoisotopic (exact) mass is 198 g/mol. The second kappa shape index (κ2) is 5.13. The zero-order valence-electron chi connectivity index (χ0n) is 7.89. The molecule has 0 aromatic heterocycles.